The lowest BCUT2D eigenvalue weighted by molar-refractivity contribution is -0.128. The number of amides is 1. The molecule has 1 N–H and O–H groups in total. The van der Waals surface area contributed by atoms with Crippen molar-refractivity contribution in [2.75, 3.05) is 26.3 Å². The van der Waals surface area contributed by atoms with E-state index in [2.05, 4.69) is 15.4 Å². The number of ether oxygens (including phenoxy) is 1. The molecule has 1 aliphatic rings. The number of morpholine rings is 1. The largest absolute Gasteiger partial charge is 0.379 e. The average Bonchev–Trinajstić information content (AvgIpc) is 3.30. The number of hydrogen-bond donors (Lipinski definition) is 1. The Balaban J connectivity index is 1.47. The van der Waals surface area contributed by atoms with Gasteiger partial charge in [-0.05, 0) is 23.8 Å². The lowest BCUT2D eigenvalue weighted by Crippen LogP contribution is -2.46. The molecule has 1 unspecified atom stereocenters. The SMILES string of the molecule is O=C(NCc1ccc(-n2cncn2)cc1)C(c1ccccc1F)N1CCOCC1. The van der Waals surface area contributed by atoms with Crippen LogP contribution < -0.4 is 5.32 Å². The van der Waals surface area contributed by atoms with E-state index in [0.29, 0.717) is 38.4 Å². The number of halogens is 1. The van der Waals surface area contributed by atoms with Gasteiger partial charge in [-0.25, -0.2) is 14.1 Å². The molecule has 2 heterocycles. The van der Waals surface area contributed by atoms with Gasteiger partial charge < -0.3 is 10.1 Å². The maximum absolute atomic E-state index is 14.4. The van der Waals surface area contributed by atoms with Gasteiger partial charge in [0.15, 0.2) is 0 Å². The molecule has 0 saturated carbocycles. The molecular formula is C21H22FN5O2. The zero-order chi connectivity index (χ0) is 20.1. The molecule has 1 saturated heterocycles. The highest BCUT2D eigenvalue weighted by Gasteiger charge is 2.30. The topological polar surface area (TPSA) is 72.3 Å². The van der Waals surface area contributed by atoms with E-state index in [1.807, 2.05) is 29.2 Å². The van der Waals surface area contributed by atoms with Gasteiger partial charge in [0, 0.05) is 25.2 Å². The highest BCUT2D eigenvalue weighted by Crippen LogP contribution is 2.25. The summed E-state index contributed by atoms with van der Waals surface area (Å²) >= 11 is 0. The quantitative estimate of drug-likeness (QED) is 0.692. The second-order valence-corrected chi connectivity index (χ2v) is 6.80. The monoisotopic (exact) mass is 395 g/mol. The van der Waals surface area contributed by atoms with Crippen molar-refractivity contribution in [2.24, 2.45) is 0 Å². The summed E-state index contributed by atoms with van der Waals surface area (Å²) in [7, 11) is 0. The molecule has 1 aromatic heterocycles. The molecular weight excluding hydrogens is 373 g/mol. The van der Waals surface area contributed by atoms with Crippen molar-refractivity contribution in [1.82, 2.24) is 25.0 Å². The molecule has 1 fully saturated rings. The van der Waals surface area contributed by atoms with Crippen molar-refractivity contribution >= 4 is 5.91 Å². The fraction of sp³-hybridized carbons (Fsp3) is 0.286. The number of nitrogens with zero attached hydrogens (tertiary/aromatic N) is 4. The van der Waals surface area contributed by atoms with Crippen molar-refractivity contribution in [3.8, 4) is 5.69 Å². The van der Waals surface area contributed by atoms with Gasteiger partial charge >= 0.3 is 0 Å². The maximum atomic E-state index is 14.4. The Morgan fingerprint density at radius 2 is 1.90 bits per heavy atom. The first-order chi connectivity index (χ1) is 14.2. The Labute approximate surface area is 168 Å². The van der Waals surface area contributed by atoms with Crippen LogP contribution in [-0.4, -0.2) is 51.9 Å². The minimum absolute atomic E-state index is 0.225. The average molecular weight is 395 g/mol. The van der Waals surface area contributed by atoms with Crippen LogP contribution in [-0.2, 0) is 16.1 Å². The van der Waals surface area contributed by atoms with Crippen molar-refractivity contribution in [1.29, 1.82) is 0 Å². The summed E-state index contributed by atoms with van der Waals surface area (Å²) in [5, 5.41) is 7.05. The maximum Gasteiger partial charge on any atom is 0.242 e. The van der Waals surface area contributed by atoms with Gasteiger partial charge in [-0.2, -0.15) is 5.10 Å². The standard InChI is InChI=1S/C21H22FN5O2/c22-19-4-2-1-3-18(19)20(26-9-11-29-12-10-26)21(28)24-13-16-5-7-17(8-6-16)27-15-23-14-25-27/h1-8,14-15,20H,9-13H2,(H,24,28). The zero-order valence-electron chi connectivity index (χ0n) is 15.9. The van der Waals surface area contributed by atoms with Gasteiger partial charge in [0.25, 0.3) is 0 Å². The van der Waals surface area contributed by atoms with Gasteiger partial charge in [0.2, 0.25) is 5.91 Å². The van der Waals surface area contributed by atoms with E-state index in [4.69, 9.17) is 4.74 Å². The molecule has 150 valence electrons. The third-order valence-electron chi connectivity index (χ3n) is 4.95. The predicted molar refractivity (Wildman–Crippen MR) is 105 cm³/mol. The molecule has 3 aromatic rings. The van der Waals surface area contributed by atoms with E-state index < -0.39 is 6.04 Å². The summed E-state index contributed by atoms with van der Waals surface area (Å²) in [4.78, 5) is 18.9. The third-order valence-corrected chi connectivity index (χ3v) is 4.95. The van der Waals surface area contributed by atoms with Gasteiger partial charge in [0.1, 0.15) is 24.5 Å². The van der Waals surface area contributed by atoms with Crippen LogP contribution in [0, 0.1) is 5.82 Å². The number of aromatic nitrogens is 3. The first kappa shape index (κ1) is 19.2. The predicted octanol–water partition coefficient (Wildman–Crippen LogP) is 2.10. The van der Waals surface area contributed by atoms with E-state index >= 15 is 0 Å². The Bertz CT molecular complexity index is 940. The van der Waals surface area contributed by atoms with E-state index in [0.717, 1.165) is 11.3 Å². The van der Waals surface area contributed by atoms with Crippen LogP contribution in [0.2, 0.25) is 0 Å². The van der Waals surface area contributed by atoms with E-state index in [1.54, 1.807) is 29.2 Å². The molecule has 1 atom stereocenters. The van der Waals surface area contributed by atoms with Crippen molar-refractivity contribution in [3.05, 3.63) is 78.1 Å². The second kappa shape index (κ2) is 8.93. The minimum atomic E-state index is -0.686. The number of hydrogen-bond acceptors (Lipinski definition) is 5. The number of carbonyl (C=O) groups excluding carboxylic acids is 1. The Morgan fingerprint density at radius 1 is 1.14 bits per heavy atom. The first-order valence-electron chi connectivity index (χ1n) is 9.50. The summed E-state index contributed by atoms with van der Waals surface area (Å²) in [6.45, 7) is 2.58. The number of nitrogens with one attached hydrogen (secondary N) is 1. The van der Waals surface area contributed by atoms with Crippen LogP contribution in [0.1, 0.15) is 17.2 Å². The molecule has 0 aliphatic carbocycles. The molecule has 1 aliphatic heterocycles. The lowest BCUT2D eigenvalue weighted by atomic mass is 10.0. The second-order valence-electron chi connectivity index (χ2n) is 6.80. The molecule has 0 spiro atoms. The minimum Gasteiger partial charge on any atom is -0.379 e. The van der Waals surface area contributed by atoms with Crippen LogP contribution in [0.3, 0.4) is 0 Å². The molecule has 7 nitrogen and oxygen atoms in total. The van der Waals surface area contributed by atoms with Crippen LogP contribution in [0.4, 0.5) is 4.39 Å². The molecule has 0 bridgehead atoms. The fourth-order valence-corrected chi connectivity index (χ4v) is 3.43. The van der Waals surface area contributed by atoms with Gasteiger partial charge in [-0.3, -0.25) is 9.69 Å². The van der Waals surface area contributed by atoms with Crippen LogP contribution >= 0.6 is 0 Å². The van der Waals surface area contributed by atoms with Crippen molar-refractivity contribution in [2.45, 2.75) is 12.6 Å². The van der Waals surface area contributed by atoms with Crippen LogP contribution in [0.5, 0.6) is 0 Å². The highest BCUT2D eigenvalue weighted by molar-refractivity contribution is 5.83. The summed E-state index contributed by atoms with van der Waals surface area (Å²) in [6, 6.07) is 13.4. The van der Waals surface area contributed by atoms with Gasteiger partial charge in [-0.15, -0.1) is 0 Å². The van der Waals surface area contributed by atoms with Crippen LogP contribution in [0.25, 0.3) is 5.69 Å². The van der Waals surface area contributed by atoms with Gasteiger partial charge in [-0.1, -0.05) is 30.3 Å². The molecule has 4 rings (SSSR count). The lowest BCUT2D eigenvalue weighted by Gasteiger charge is -2.34. The van der Waals surface area contributed by atoms with Gasteiger partial charge in [0.05, 0.1) is 18.9 Å². The molecule has 29 heavy (non-hydrogen) atoms. The Hall–Kier alpha value is -3.10. The Morgan fingerprint density at radius 3 is 2.59 bits per heavy atom. The summed E-state index contributed by atoms with van der Waals surface area (Å²) < 4.78 is 21.5. The number of rotatable bonds is 6. The van der Waals surface area contributed by atoms with Crippen molar-refractivity contribution in [3.63, 3.8) is 0 Å². The fourth-order valence-electron chi connectivity index (χ4n) is 3.43. The zero-order valence-corrected chi connectivity index (χ0v) is 15.9. The third kappa shape index (κ3) is 4.49. The van der Waals surface area contributed by atoms with Crippen LogP contribution in [0.15, 0.2) is 61.2 Å². The van der Waals surface area contributed by atoms with E-state index in [1.165, 1.54) is 12.4 Å². The molecule has 2 aromatic carbocycles. The summed E-state index contributed by atoms with van der Waals surface area (Å²) in [5.41, 5.74) is 2.21. The molecule has 1 amide bonds. The molecule has 8 heteroatoms. The Kier molecular flexibility index (Phi) is 5.92. The normalized spacial score (nSPS) is 15.8. The first-order valence-corrected chi connectivity index (χ1v) is 9.50. The van der Waals surface area contributed by atoms with E-state index in [-0.39, 0.29) is 11.7 Å². The summed E-state index contributed by atoms with van der Waals surface area (Å²) in [6.07, 6.45) is 3.10. The smallest absolute Gasteiger partial charge is 0.242 e. The molecule has 0 radical (unpaired) electrons. The van der Waals surface area contributed by atoms with Crippen molar-refractivity contribution < 1.29 is 13.9 Å². The number of carbonyl (C=O) groups is 1. The summed E-state index contributed by atoms with van der Waals surface area (Å²) in [5.74, 6) is -0.603. The highest BCUT2D eigenvalue weighted by atomic mass is 19.1. The number of benzene rings is 2. The van der Waals surface area contributed by atoms with E-state index in [9.17, 15) is 9.18 Å².